The fraction of sp³-hybridized carbons (Fsp3) is 0.333. The Labute approximate surface area is 224 Å². The van der Waals surface area contributed by atoms with Crippen LogP contribution in [-0.4, -0.2) is 80.1 Å². The molecule has 0 fully saturated rings. The van der Waals surface area contributed by atoms with Crippen LogP contribution < -0.4 is 10.6 Å². The van der Waals surface area contributed by atoms with E-state index in [9.17, 15) is 9.59 Å². The molecule has 2 aromatic carbocycles. The molecule has 2 amide bonds. The monoisotopic (exact) mass is 512 g/mol. The molecular weight excluding hydrogens is 476 g/mol. The van der Waals surface area contributed by atoms with Crippen molar-refractivity contribution in [3.8, 4) is 11.1 Å². The number of pyridine rings is 1. The minimum Gasteiger partial charge on any atom is -0.384 e. The van der Waals surface area contributed by atoms with Crippen molar-refractivity contribution in [2.45, 2.75) is 19.3 Å². The van der Waals surface area contributed by atoms with Gasteiger partial charge in [0.05, 0.1) is 11.9 Å². The summed E-state index contributed by atoms with van der Waals surface area (Å²) in [7, 11) is 7.47. The van der Waals surface area contributed by atoms with Gasteiger partial charge in [-0.25, -0.2) is 4.79 Å². The summed E-state index contributed by atoms with van der Waals surface area (Å²) in [6, 6.07) is 15.9. The van der Waals surface area contributed by atoms with Gasteiger partial charge in [0.1, 0.15) is 5.71 Å². The Kier molecular flexibility index (Phi) is 8.53. The maximum absolute atomic E-state index is 13.7. The van der Waals surface area contributed by atoms with Gasteiger partial charge in [0.25, 0.3) is 0 Å². The van der Waals surface area contributed by atoms with Crippen LogP contribution in [0, 0.1) is 0 Å². The van der Waals surface area contributed by atoms with E-state index in [0.29, 0.717) is 17.9 Å². The van der Waals surface area contributed by atoms with E-state index in [-0.39, 0.29) is 17.7 Å². The topological polar surface area (TPSA) is 89.9 Å². The number of urea groups is 1. The minimum absolute atomic E-state index is 0.0153. The highest BCUT2D eigenvalue weighted by atomic mass is 16.2. The zero-order chi connectivity index (χ0) is 27.2. The summed E-state index contributed by atoms with van der Waals surface area (Å²) in [5, 5.41) is 6.24. The van der Waals surface area contributed by atoms with Crippen molar-refractivity contribution >= 4 is 28.9 Å². The van der Waals surface area contributed by atoms with Crippen LogP contribution in [0.1, 0.15) is 29.5 Å². The number of Topliss-reactive ketones (excluding diaryl/α,β-unsaturated/α-hetero) is 1. The third-order valence-corrected chi connectivity index (χ3v) is 6.67. The lowest BCUT2D eigenvalue weighted by Crippen LogP contribution is -2.27. The first-order valence-electron chi connectivity index (χ1n) is 12.9. The third-order valence-electron chi connectivity index (χ3n) is 6.67. The minimum atomic E-state index is -0.314. The second-order valence-corrected chi connectivity index (χ2v) is 10.1. The van der Waals surface area contributed by atoms with Crippen LogP contribution in [-0.2, 0) is 11.2 Å². The Morgan fingerprint density at radius 3 is 2.42 bits per heavy atom. The van der Waals surface area contributed by atoms with Crippen molar-refractivity contribution in [1.29, 1.82) is 0 Å². The number of nitrogens with one attached hydrogen (secondary N) is 2. The molecule has 8 heteroatoms. The van der Waals surface area contributed by atoms with Crippen molar-refractivity contribution in [2.75, 3.05) is 58.5 Å². The first-order chi connectivity index (χ1) is 18.2. The van der Waals surface area contributed by atoms with Crippen LogP contribution in [0.15, 0.2) is 65.9 Å². The highest BCUT2D eigenvalue weighted by Gasteiger charge is 2.26. The molecule has 1 aromatic heterocycles. The average molecular weight is 513 g/mol. The molecule has 2 heterocycles. The number of aromatic nitrogens is 1. The Morgan fingerprint density at radius 1 is 0.947 bits per heavy atom. The van der Waals surface area contributed by atoms with Crippen molar-refractivity contribution in [3.63, 3.8) is 0 Å². The number of carbonyl (C=O) groups is 2. The highest BCUT2D eigenvalue weighted by molar-refractivity contribution is 6.48. The normalized spacial score (nSPS) is 13.4. The first-order valence-corrected chi connectivity index (χ1v) is 12.9. The molecular formula is C30H36N6O2. The number of hydrogen-bond acceptors (Lipinski definition) is 6. The maximum Gasteiger partial charge on any atom is 0.321 e. The summed E-state index contributed by atoms with van der Waals surface area (Å²) in [6.07, 6.45) is 4.17. The van der Waals surface area contributed by atoms with Gasteiger partial charge in [-0.2, -0.15) is 0 Å². The van der Waals surface area contributed by atoms with Gasteiger partial charge in [-0.3, -0.25) is 14.8 Å². The van der Waals surface area contributed by atoms with Crippen LogP contribution in [0.2, 0.25) is 0 Å². The van der Waals surface area contributed by atoms with E-state index >= 15 is 0 Å². The molecule has 0 unspecified atom stereocenters. The van der Waals surface area contributed by atoms with Crippen molar-refractivity contribution in [3.05, 3.63) is 77.6 Å². The smallest absolute Gasteiger partial charge is 0.321 e. The molecule has 3 aromatic rings. The largest absolute Gasteiger partial charge is 0.384 e. The second-order valence-electron chi connectivity index (χ2n) is 10.1. The lowest BCUT2D eigenvalue weighted by Gasteiger charge is -2.20. The fourth-order valence-corrected chi connectivity index (χ4v) is 4.35. The molecule has 0 saturated carbocycles. The molecule has 8 nitrogen and oxygen atoms in total. The summed E-state index contributed by atoms with van der Waals surface area (Å²) < 4.78 is 0. The van der Waals surface area contributed by atoms with Crippen LogP contribution in [0.3, 0.4) is 0 Å². The molecule has 2 N–H and O–H groups in total. The lowest BCUT2D eigenvalue weighted by atomic mass is 9.86. The summed E-state index contributed by atoms with van der Waals surface area (Å²) in [5.74, 6) is -0.299. The number of ketones is 1. The highest BCUT2D eigenvalue weighted by Crippen LogP contribution is 2.29. The van der Waals surface area contributed by atoms with Crippen LogP contribution in [0.5, 0.6) is 0 Å². The van der Waals surface area contributed by atoms with E-state index in [2.05, 4.69) is 31.6 Å². The van der Waals surface area contributed by atoms with Crippen LogP contribution in [0.25, 0.3) is 11.1 Å². The Morgan fingerprint density at radius 2 is 1.71 bits per heavy atom. The number of nitrogens with zero attached hydrogens (tertiary/aromatic N) is 4. The molecule has 0 saturated heterocycles. The van der Waals surface area contributed by atoms with Gasteiger partial charge < -0.3 is 20.4 Å². The summed E-state index contributed by atoms with van der Waals surface area (Å²) >= 11 is 0. The number of fused-ring (bicyclic) bond motifs is 1. The number of likely N-dealkylation sites (N-methyl/N-ethyl adjacent to an activating group) is 1. The first kappa shape index (κ1) is 27.0. The Balaban J connectivity index is 1.53. The second kappa shape index (κ2) is 12.0. The maximum atomic E-state index is 13.7. The zero-order valence-corrected chi connectivity index (χ0v) is 22.8. The molecule has 0 bridgehead atoms. The van der Waals surface area contributed by atoms with Gasteiger partial charge in [-0.15, -0.1) is 0 Å². The number of anilines is 2. The summed E-state index contributed by atoms with van der Waals surface area (Å²) in [5.41, 5.74) is 6.90. The van der Waals surface area contributed by atoms with Gasteiger partial charge in [0, 0.05) is 62.7 Å². The Hall–Kier alpha value is -4.04. The molecule has 198 valence electrons. The molecule has 0 spiro atoms. The third kappa shape index (κ3) is 6.44. The number of rotatable bonds is 9. The number of carbonyl (C=O) groups excluding carboxylic acids is 2. The van der Waals surface area contributed by atoms with Crippen molar-refractivity contribution < 1.29 is 9.59 Å². The van der Waals surface area contributed by atoms with Crippen LogP contribution >= 0.6 is 0 Å². The fourth-order valence-electron chi connectivity index (χ4n) is 4.35. The van der Waals surface area contributed by atoms with Crippen molar-refractivity contribution in [2.24, 2.45) is 4.99 Å². The quantitative estimate of drug-likeness (QED) is 0.440. The number of aliphatic imine (C=N–C) groups is 1. The average Bonchev–Trinajstić information content (AvgIpc) is 2.92. The van der Waals surface area contributed by atoms with Gasteiger partial charge in [0.15, 0.2) is 5.78 Å². The van der Waals surface area contributed by atoms with Gasteiger partial charge in [-0.05, 0) is 61.5 Å². The van der Waals surface area contributed by atoms with E-state index < -0.39 is 0 Å². The molecule has 1 aliphatic rings. The van der Waals surface area contributed by atoms with Gasteiger partial charge >= 0.3 is 6.03 Å². The SMILES string of the molecule is C[C@@H](C(=O)C1=NCCc2ccc(-c3cncc(NC(=O)N(C)C)c3)cc21)c1ccc(NCCN(C)C)cc1. The number of amides is 2. The van der Waals surface area contributed by atoms with Gasteiger partial charge in [-0.1, -0.05) is 31.2 Å². The van der Waals surface area contributed by atoms with Crippen LogP contribution in [0.4, 0.5) is 16.2 Å². The van der Waals surface area contributed by atoms with E-state index in [1.54, 1.807) is 26.5 Å². The van der Waals surface area contributed by atoms with E-state index in [0.717, 1.165) is 53.0 Å². The van der Waals surface area contributed by atoms with E-state index in [1.165, 1.54) is 4.90 Å². The zero-order valence-electron chi connectivity index (χ0n) is 22.8. The van der Waals surface area contributed by atoms with E-state index in [4.69, 9.17) is 0 Å². The predicted octanol–water partition coefficient (Wildman–Crippen LogP) is 4.53. The van der Waals surface area contributed by atoms with Gasteiger partial charge in [0.2, 0.25) is 0 Å². The molecule has 4 rings (SSSR count). The van der Waals surface area contributed by atoms with Crippen molar-refractivity contribution in [1.82, 2.24) is 14.8 Å². The molecule has 0 aliphatic carbocycles. The standard InChI is InChI=1S/C30H36N6O2/c1-20(21-8-10-25(11-9-21)32-14-15-35(2)3)29(37)28-27-17-23(7-6-22(27)12-13-33-28)24-16-26(19-31-18-24)34-30(38)36(4)5/h6-11,16-20,32H,12-15H2,1-5H3,(H,34,38)/t20-/m1/s1. The van der Waals surface area contributed by atoms with E-state index in [1.807, 2.05) is 63.5 Å². The number of benzene rings is 2. The molecule has 1 atom stereocenters. The predicted molar refractivity (Wildman–Crippen MR) is 154 cm³/mol. The lowest BCUT2D eigenvalue weighted by molar-refractivity contribution is -0.113. The molecule has 1 aliphatic heterocycles. The summed E-state index contributed by atoms with van der Waals surface area (Å²) in [6.45, 7) is 4.35. The molecule has 38 heavy (non-hydrogen) atoms. The Bertz CT molecular complexity index is 1330. The number of hydrogen-bond donors (Lipinski definition) is 2. The molecule has 0 radical (unpaired) electrons. The summed E-state index contributed by atoms with van der Waals surface area (Å²) in [4.78, 5) is 38.3.